The zero-order chi connectivity index (χ0) is 8.10. The summed E-state index contributed by atoms with van der Waals surface area (Å²) in [6.07, 6.45) is 3.83. The van der Waals surface area contributed by atoms with Gasteiger partial charge in [-0.3, -0.25) is 5.14 Å². The Bertz CT molecular complexity index is 250. The van der Waals surface area contributed by atoms with Crippen LogP contribution in [0, 0.1) is 0 Å². The minimum atomic E-state index is 0.539. The summed E-state index contributed by atoms with van der Waals surface area (Å²) in [7, 11) is 0. The van der Waals surface area contributed by atoms with E-state index in [0.29, 0.717) is 17.4 Å². The van der Waals surface area contributed by atoms with Crippen LogP contribution in [0.2, 0.25) is 0 Å². The lowest BCUT2D eigenvalue weighted by molar-refractivity contribution is 0.834. The van der Waals surface area contributed by atoms with Gasteiger partial charge in [0.25, 0.3) is 0 Å². The van der Waals surface area contributed by atoms with Crippen LogP contribution in [0.1, 0.15) is 5.82 Å². The van der Waals surface area contributed by atoms with Gasteiger partial charge in [-0.2, -0.15) is 0 Å². The molecule has 0 bridgehead atoms. The van der Waals surface area contributed by atoms with Gasteiger partial charge in [-0.15, -0.1) is 6.58 Å². The molecule has 0 fully saturated rings. The summed E-state index contributed by atoms with van der Waals surface area (Å²) in [6.45, 7) is 3.57. The highest BCUT2D eigenvalue weighted by molar-refractivity contribution is 7.96. The van der Waals surface area contributed by atoms with E-state index in [4.69, 9.17) is 5.14 Å². The van der Waals surface area contributed by atoms with Crippen molar-refractivity contribution < 1.29 is 0 Å². The van der Waals surface area contributed by atoms with E-state index in [1.807, 2.05) is 0 Å². The third-order valence-corrected chi connectivity index (χ3v) is 1.44. The molecule has 0 aliphatic rings. The average molecular weight is 168 g/mol. The van der Waals surface area contributed by atoms with Gasteiger partial charge in [0.1, 0.15) is 12.2 Å². The molecule has 4 nitrogen and oxygen atoms in total. The molecule has 0 aromatic carbocycles. The Labute approximate surface area is 69.1 Å². The molecule has 1 aromatic heterocycles. The molecule has 2 N–H and O–H groups in total. The summed E-state index contributed by atoms with van der Waals surface area (Å²) in [4.78, 5) is 11.8. The highest BCUT2D eigenvalue weighted by atomic mass is 32.2. The van der Waals surface area contributed by atoms with E-state index in [2.05, 4.69) is 21.5 Å². The second-order valence-electron chi connectivity index (χ2n) is 1.79. The molecule has 11 heavy (non-hydrogen) atoms. The Balaban J connectivity index is 2.82. The predicted molar refractivity (Wildman–Crippen MR) is 43.8 cm³/mol. The first-order valence-electron chi connectivity index (χ1n) is 3.02. The van der Waals surface area contributed by atoms with E-state index in [1.54, 1.807) is 6.08 Å². The maximum absolute atomic E-state index is 5.25. The third-order valence-electron chi connectivity index (χ3n) is 1.03. The van der Waals surface area contributed by atoms with Gasteiger partial charge in [0.05, 0.1) is 0 Å². The molecule has 0 spiro atoms. The number of nitrogens with zero attached hydrogens (tertiary/aromatic N) is 3. The van der Waals surface area contributed by atoms with Crippen LogP contribution in [0.4, 0.5) is 0 Å². The Morgan fingerprint density at radius 1 is 1.64 bits per heavy atom. The minimum Gasteiger partial charge on any atom is -0.271 e. The smallest absolute Gasteiger partial charge is 0.205 e. The summed E-state index contributed by atoms with van der Waals surface area (Å²) >= 11 is 1.01. The largest absolute Gasteiger partial charge is 0.271 e. The molecule has 1 heterocycles. The molecule has 0 saturated heterocycles. The van der Waals surface area contributed by atoms with Crippen LogP contribution in [0.15, 0.2) is 24.1 Å². The topological polar surface area (TPSA) is 64.7 Å². The first-order valence-corrected chi connectivity index (χ1v) is 3.90. The van der Waals surface area contributed by atoms with Crippen LogP contribution < -0.4 is 5.14 Å². The summed E-state index contributed by atoms with van der Waals surface area (Å²) in [5, 5.41) is 5.79. The molecule has 0 saturated carbocycles. The SMILES string of the molecule is C=CCc1ncnc(SN)n1. The quantitative estimate of drug-likeness (QED) is 0.528. The average Bonchev–Trinajstić information content (AvgIpc) is 2.06. The van der Waals surface area contributed by atoms with Crippen molar-refractivity contribution in [3.63, 3.8) is 0 Å². The molecule has 1 rings (SSSR count). The lowest BCUT2D eigenvalue weighted by Crippen LogP contribution is -1.97. The first-order chi connectivity index (χ1) is 5.36. The molecule has 0 atom stereocenters. The highest BCUT2D eigenvalue weighted by Gasteiger charge is 1.96. The van der Waals surface area contributed by atoms with Crippen LogP contribution in [0.5, 0.6) is 0 Å². The molecule has 58 valence electrons. The molecular formula is C6H8N4S. The van der Waals surface area contributed by atoms with E-state index in [1.165, 1.54) is 6.33 Å². The lowest BCUT2D eigenvalue weighted by Gasteiger charge is -1.95. The van der Waals surface area contributed by atoms with Crippen molar-refractivity contribution >= 4 is 11.9 Å². The van der Waals surface area contributed by atoms with Crippen LogP contribution in [0.25, 0.3) is 0 Å². The van der Waals surface area contributed by atoms with Crippen molar-refractivity contribution in [3.8, 4) is 0 Å². The standard InChI is InChI=1S/C6H8N4S/c1-2-3-5-8-4-9-6(10-5)11-7/h2,4H,1,3,7H2. The Hall–Kier alpha value is -0.940. The number of hydrogen-bond acceptors (Lipinski definition) is 5. The maximum Gasteiger partial charge on any atom is 0.205 e. The summed E-state index contributed by atoms with van der Waals surface area (Å²) in [6, 6.07) is 0. The van der Waals surface area contributed by atoms with Crippen LogP contribution in [-0.4, -0.2) is 15.0 Å². The van der Waals surface area contributed by atoms with Crippen LogP contribution in [0.3, 0.4) is 0 Å². The monoisotopic (exact) mass is 168 g/mol. The van der Waals surface area contributed by atoms with E-state index in [-0.39, 0.29) is 0 Å². The molecule has 0 radical (unpaired) electrons. The van der Waals surface area contributed by atoms with Crippen molar-refractivity contribution in [3.05, 3.63) is 24.8 Å². The maximum atomic E-state index is 5.25. The van der Waals surface area contributed by atoms with Gasteiger partial charge in [0, 0.05) is 6.42 Å². The first kappa shape index (κ1) is 8.16. The van der Waals surface area contributed by atoms with Crippen molar-refractivity contribution in [2.45, 2.75) is 11.6 Å². The highest BCUT2D eigenvalue weighted by Crippen LogP contribution is 2.02. The fourth-order valence-corrected chi connectivity index (χ4v) is 0.863. The normalized spacial score (nSPS) is 9.55. The van der Waals surface area contributed by atoms with Crippen molar-refractivity contribution in [1.29, 1.82) is 0 Å². The van der Waals surface area contributed by atoms with E-state index in [0.717, 1.165) is 11.9 Å². The van der Waals surface area contributed by atoms with E-state index < -0.39 is 0 Å². The predicted octanol–water partition coefficient (Wildman–Crippen LogP) is 0.566. The molecule has 5 heteroatoms. The fourth-order valence-electron chi connectivity index (χ4n) is 0.597. The van der Waals surface area contributed by atoms with Gasteiger partial charge >= 0.3 is 0 Å². The lowest BCUT2D eigenvalue weighted by atomic mass is 10.4. The number of hydrogen-bond donors (Lipinski definition) is 1. The van der Waals surface area contributed by atoms with Crippen LogP contribution >= 0.6 is 11.9 Å². The number of aromatic nitrogens is 3. The summed E-state index contributed by atoms with van der Waals surface area (Å²) in [5.74, 6) is 0.697. The number of rotatable bonds is 3. The third kappa shape index (κ3) is 2.28. The second-order valence-corrected chi connectivity index (χ2v) is 2.40. The van der Waals surface area contributed by atoms with Gasteiger partial charge < -0.3 is 0 Å². The summed E-state index contributed by atoms with van der Waals surface area (Å²) in [5.41, 5.74) is 0. The van der Waals surface area contributed by atoms with Gasteiger partial charge in [0.2, 0.25) is 5.16 Å². The van der Waals surface area contributed by atoms with Crippen LogP contribution in [-0.2, 0) is 6.42 Å². The zero-order valence-corrected chi connectivity index (χ0v) is 6.71. The molecule has 1 aromatic rings. The molecular weight excluding hydrogens is 160 g/mol. The molecule has 0 aliphatic heterocycles. The van der Waals surface area contributed by atoms with Gasteiger partial charge in [0.15, 0.2) is 0 Å². The molecule has 0 amide bonds. The van der Waals surface area contributed by atoms with E-state index in [9.17, 15) is 0 Å². The molecule has 0 unspecified atom stereocenters. The van der Waals surface area contributed by atoms with Crippen molar-refractivity contribution in [2.75, 3.05) is 0 Å². The molecule has 0 aliphatic carbocycles. The Kier molecular flexibility index (Phi) is 3.00. The Morgan fingerprint density at radius 3 is 3.09 bits per heavy atom. The number of allylic oxidation sites excluding steroid dienone is 1. The zero-order valence-electron chi connectivity index (χ0n) is 5.90. The summed E-state index contributed by atoms with van der Waals surface area (Å²) < 4.78 is 0. The number of nitrogens with two attached hydrogens (primary N) is 1. The van der Waals surface area contributed by atoms with Gasteiger partial charge in [-0.05, 0) is 11.9 Å². The minimum absolute atomic E-state index is 0.539. The van der Waals surface area contributed by atoms with Crippen molar-refractivity contribution in [1.82, 2.24) is 15.0 Å². The fraction of sp³-hybridized carbons (Fsp3) is 0.167. The van der Waals surface area contributed by atoms with Gasteiger partial charge in [-0.1, -0.05) is 6.08 Å². The van der Waals surface area contributed by atoms with E-state index >= 15 is 0 Å². The second kappa shape index (κ2) is 4.05. The van der Waals surface area contributed by atoms with Gasteiger partial charge in [-0.25, -0.2) is 15.0 Å². The Morgan fingerprint density at radius 2 is 2.45 bits per heavy atom. The van der Waals surface area contributed by atoms with Crippen molar-refractivity contribution in [2.24, 2.45) is 5.14 Å².